The Morgan fingerprint density at radius 2 is 2.12 bits per heavy atom. The Balaban J connectivity index is 2.24. The van der Waals surface area contributed by atoms with E-state index in [2.05, 4.69) is 62.1 Å². The summed E-state index contributed by atoms with van der Waals surface area (Å²) in [7, 11) is 0. The van der Waals surface area contributed by atoms with Crippen LogP contribution in [0, 0.1) is 9.49 Å². The van der Waals surface area contributed by atoms with Crippen molar-refractivity contribution in [2.24, 2.45) is 11.8 Å². The molecule has 0 radical (unpaired) electrons. The monoisotopic (exact) mass is 410 g/mol. The fraction of sp³-hybridized carbons (Fsp3) is 0.500. The highest BCUT2D eigenvalue weighted by Crippen LogP contribution is 2.34. The average Bonchev–Trinajstić information content (AvgIpc) is 2.36. The zero-order valence-corrected chi connectivity index (χ0v) is 13.2. The molecule has 0 bridgehead atoms. The summed E-state index contributed by atoms with van der Waals surface area (Å²) >= 11 is 5.94. The summed E-state index contributed by atoms with van der Waals surface area (Å²) in [5.74, 6) is 6.29. The molecule has 1 saturated heterocycles. The lowest BCUT2D eigenvalue weighted by Crippen LogP contribution is -2.36. The van der Waals surface area contributed by atoms with Crippen molar-refractivity contribution in [1.29, 1.82) is 0 Å². The Labute approximate surface area is 124 Å². The second kappa shape index (κ2) is 6.47. The molecule has 1 aliphatic rings. The molecule has 0 spiro atoms. The Morgan fingerprint density at radius 1 is 1.41 bits per heavy atom. The Bertz CT molecular complexity index is 383. The first-order valence-corrected chi connectivity index (χ1v) is 7.58. The number of hydrazine groups is 1. The van der Waals surface area contributed by atoms with Gasteiger partial charge in [-0.1, -0.05) is 15.9 Å². The number of nitrogens with two attached hydrogens (primary N) is 1. The first-order valence-electron chi connectivity index (χ1n) is 5.71. The summed E-state index contributed by atoms with van der Waals surface area (Å²) in [6.07, 6.45) is 2.12. The van der Waals surface area contributed by atoms with Crippen molar-refractivity contribution >= 4 is 38.5 Å². The number of rotatable bonds is 3. The highest BCUT2D eigenvalue weighted by molar-refractivity contribution is 14.1. The van der Waals surface area contributed by atoms with Gasteiger partial charge in [-0.2, -0.15) is 0 Å². The summed E-state index contributed by atoms with van der Waals surface area (Å²) < 4.78 is 7.75. The molecule has 3 N–H and O–H groups in total. The van der Waals surface area contributed by atoms with E-state index in [1.807, 2.05) is 0 Å². The zero-order valence-electron chi connectivity index (χ0n) is 9.46. The van der Waals surface area contributed by atoms with E-state index in [-0.39, 0.29) is 6.04 Å². The van der Waals surface area contributed by atoms with E-state index in [4.69, 9.17) is 10.6 Å². The van der Waals surface area contributed by atoms with Crippen LogP contribution >= 0.6 is 38.5 Å². The standard InChI is InChI=1S/C12H16BrIN2O/c13-11-2-1-9(14)7-10(11)12(16-15)8-3-5-17-6-4-8/h1-2,7-8,12,16H,3-6,15H2. The first-order chi connectivity index (χ1) is 8.22. The van der Waals surface area contributed by atoms with Crippen molar-refractivity contribution in [2.75, 3.05) is 13.2 Å². The van der Waals surface area contributed by atoms with Gasteiger partial charge in [-0.05, 0) is 65.1 Å². The molecule has 0 saturated carbocycles. The largest absolute Gasteiger partial charge is 0.381 e. The quantitative estimate of drug-likeness (QED) is 0.457. The fourth-order valence-corrected chi connectivity index (χ4v) is 3.29. The van der Waals surface area contributed by atoms with Gasteiger partial charge in [0.05, 0.1) is 6.04 Å². The molecule has 1 aliphatic heterocycles. The minimum Gasteiger partial charge on any atom is -0.381 e. The molecule has 1 fully saturated rings. The summed E-state index contributed by atoms with van der Waals surface area (Å²) in [4.78, 5) is 0. The van der Waals surface area contributed by atoms with E-state index in [1.54, 1.807) is 0 Å². The van der Waals surface area contributed by atoms with Crippen LogP contribution in [0.5, 0.6) is 0 Å². The van der Waals surface area contributed by atoms with Crippen molar-refractivity contribution in [1.82, 2.24) is 5.43 Å². The van der Waals surface area contributed by atoms with Crippen LogP contribution in [0.15, 0.2) is 22.7 Å². The Hall–Kier alpha value is 0.310. The van der Waals surface area contributed by atoms with Gasteiger partial charge in [0.1, 0.15) is 0 Å². The van der Waals surface area contributed by atoms with Gasteiger partial charge in [-0.25, -0.2) is 0 Å². The van der Waals surface area contributed by atoms with Crippen LogP contribution in [-0.4, -0.2) is 13.2 Å². The lowest BCUT2D eigenvalue weighted by atomic mass is 9.87. The molecule has 5 heteroatoms. The summed E-state index contributed by atoms with van der Waals surface area (Å²) in [5.41, 5.74) is 4.21. The minimum absolute atomic E-state index is 0.197. The van der Waals surface area contributed by atoms with Crippen LogP contribution in [0.2, 0.25) is 0 Å². The number of ether oxygens (including phenoxy) is 1. The predicted molar refractivity (Wildman–Crippen MR) is 80.5 cm³/mol. The molecule has 0 aromatic heterocycles. The SMILES string of the molecule is NNC(c1cc(I)ccc1Br)C1CCOCC1. The van der Waals surface area contributed by atoms with Crippen LogP contribution < -0.4 is 11.3 Å². The number of halogens is 2. The summed E-state index contributed by atoms with van der Waals surface area (Å²) in [6, 6.07) is 6.56. The van der Waals surface area contributed by atoms with Crippen LogP contribution in [0.3, 0.4) is 0 Å². The molecule has 1 atom stereocenters. The maximum absolute atomic E-state index is 5.74. The van der Waals surface area contributed by atoms with E-state index >= 15 is 0 Å². The van der Waals surface area contributed by atoms with Gasteiger partial charge < -0.3 is 4.74 Å². The molecule has 1 aromatic carbocycles. The summed E-state index contributed by atoms with van der Waals surface area (Å²) in [6.45, 7) is 1.68. The molecular weight excluding hydrogens is 395 g/mol. The molecule has 1 unspecified atom stereocenters. The second-order valence-electron chi connectivity index (χ2n) is 4.26. The first kappa shape index (κ1) is 13.7. The third-order valence-electron chi connectivity index (χ3n) is 3.21. The van der Waals surface area contributed by atoms with Crippen molar-refractivity contribution in [3.8, 4) is 0 Å². The molecule has 0 amide bonds. The fourth-order valence-electron chi connectivity index (χ4n) is 2.28. The van der Waals surface area contributed by atoms with E-state index in [9.17, 15) is 0 Å². The van der Waals surface area contributed by atoms with E-state index < -0.39 is 0 Å². The molecule has 1 heterocycles. The molecule has 17 heavy (non-hydrogen) atoms. The Morgan fingerprint density at radius 3 is 2.76 bits per heavy atom. The van der Waals surface area contributed by atoms with Gasteiger partial charge in [0, 0.05) is 21.3 Å². The summed E-state index contributed by atoms with van der Waals surface area (Å²) in [5, 5.41) is 0. The topological polar surface area (TPSA) is 47.3 Å². The van der Waals surface area contributed by atoms with Gasteiger partial charge in [-0.15, -0.1) is 0 Å². The predicted octanol–water partition coefficient (Wildman–Crippen LogP) is 2.98. The number of hydrogen-bond donors (Lipinski definition) is 2. The number of hydrogen-bond acceptors (Lipinski definition) is 3. The average molecular weight is 411 g/mol. The van der Waals surface area contributed by atoms with Crippen molar-refractivity contribution in [3.63, 3.8) is 0 Å². The molecule has 94 valence electrons. The molecule has 2 rings (SSSR count). The van der Waals surface area contributed by atoms with E-state index in [0.717, 1.165) is 30.5 Å². The lowest BCUT2D eigenvalue weighted by Gasteiger charge is -2.30. The van der Waals surface area contributed by atoms with Crippen molar-refractivity contribution < 1.29 is 4.74 Å². The second-order valence-corrected chi connectivity index (χ2v) is 6.36. The van der Waals surface area contributed by atoms with Gasteiger partial charge >= 0.3 is 0 Å². The Kier molecular flexibility index (Phi) is 5.23. The van der Waals surface area contributed by atoms with Crippen LogP contribution in [0.1, 0.15) is 24.4 Å². The smallest absolute Gasteiger partial charge is 0.0501 e. The van der Waals surface area contributed by atoms with Crippen LogP contribution in [0.4, 0.5) is 0 Å². The van der Waals surface area contributed by atoms with Crippen LogP contribution in [0.25, 0.3) is 0 Å². The maximum Gasteiger partial charge on any atom is 0.0501 e. The number of nitrogens with one attached hydrogen (secondary N) is 1. The van der Waals surface area contributed by atoms with Gasteiger partial charge in [-0.3, -0.25) is 11.3 Å². The molecular formula is C12H16BrIN2O. The van der Waals surface area contributed by atoms with E-state index in [1.165, 1.54) is 9.13 Å². The molecule has 3 nitrogen and oxygen atoms in total. The highest BCUT2D eigenvalue weighted by atomic mass is 127. The lowest BCUT2D eigenvalue weighted by molar-refractivity contribution is 0.0535. The third-order valence-corrected chi connectivity index (χ3v) is 4.60. The normalized spacial score (nSPS) is 19.2. The minimum atomic E-state index is 0.197. The van der Waals surface area contributed by atoms with Gasteiger partial charge in [0.25, 0.3) is 0 Å². The van der Waals surface area contributed by atoms with Crippen LogP contribution in [-0.2, 0) is 4.74 Å². The molecule has 1 aromatic rings. The highest BCUT2D eigenvalue weighted by Gasteiger charge is 2.26. The maximum atomic E-state index is 5.74. The number of benzene rings is 1. The van der Waals surface area contributed by atoms with Gasteiger partial charge in [0.2, 0.25) is 0 Å². The molecule has 0 aliphatic carbocycles. The van der Waals surface area contributed by atoms with E-state index in [0.29, 0.717) is 5.92 Å². The zero-order chi connectivity index (χ0) is 12.3. The van der Waals surface area contributed by atoms with Crippen molar-refractivity contribution in [2.45, 2.75) is 18.9 Å². The third kappa shape index (κ3) is 3.41. The van der Waals surface area contributed by atoms with Gasteiger partial charge in [0.15, 0.2) is 0 Å². The van der Waals surface area contributed by atoms with Crippen molar-refractivity contribution in [3.05, 3.63) is 31.8 Å².